The zero-order valence-corrected chi connectivity index (χ0v) is 12.9. The highest BCUT2D eigenvalue weighted by atomic mass is 32.2. The number of ether oxygens (including phenoxy) is 1. The molecule has 1 aliphatic rings. The topological polar surface area (TPSA) is 87.8 Å². The van der Waals surface area contributed by atoms with E-state index >= 15 is 0 Å². The van der Waals surface area contributed by atoms with Crippen molar-refractivity contribution in [1.82, 2.24) is 9.97 Å². The first-order valence-electron chi connectivity index (χ1n) is 7.18. The summed E-state index contributed by atoms with van der Waals surface area (Å²) in [6.07, 6.45) is 3.03. The Kier molecular flexibility index (Phi) is 3.80. The minimum absolute atomic E-state index is 0.228. The molecule has 1 aromatic heterocycles. The maximum atomic E-state index is 7.46. The fourth-order valence-electron chi connectivity index (χ4n) is 2.46. The van der Waals surface area contributed by atoms with Crippen molar-refractivity contribution in [2.24, 2.45) is 11.1 Å². The van der Waals surface area contributed by atoms with Crippen LogP contribution in [0.5, 0.6) is 5.75 Å². The molecule has 0 aliphatic heterocycles. The molecule has 1 fully saturated rings. The Balaban J connectivity index is 1.68. The van der Waals surface area contributed by atoms with Crippen molar-refractivity contribution in [1.29, 1.82) is 5.41 Å². The first-order chi connectivity index (χ1) is 10.1. The SMILES string of the molecule is CCOc1ccc2nc(SCC3(CC(=N)N)CC3)[nH]c2c1. The second-order valence-corrected chi connectivity index (χ2v) is 6.61. The highest BCUT2D eigenvalue weighted by molar-refractivity contribution is 7.99. The van der Waals surface area contributed by atoms with Gasteiger partial charge in [0.1, 0.15) is 5.75 Å². The lowest BCUT2D eigenvalue weighted by Crippen LogP contribution is -2.18. The molecule has 3 rings (SSSR count). The Bertz CT molecular complexity index is 663. The Labute approximate surface area is 128 Å². The lowest BCUT2D eigenvalue weighted by molar-refractivity contribution is 0.340. The number of fused-ring (bicyclic) bond motifs is 1. The van der Waals surface area contributed by atoms with E-state index < -0.39 is 0 Å². The molecule has 1 aromatic carbocycles. The van der Waals surface area contributed by atoms with Crippen molar-refractivity contribution >= 4 is 28.6 Å². The van der Waals surface area contributed by atoms with Crippen LogP contribution in [0.15, 0.2) is 23.4 Å². The van der Waals surface area contributed by atoms with Gasteiger partial charge < -0.3 is 15.5 Å². The van der Waals surface area contributed by atoms with E-state index in [0.717, 1.165) is 40.5 Å². The molecular formula is C15H20N4OS. The van der Waals surface area contributed by atoms with Crippen LogP contribution in [0.1, 0.15) is 26.2 Å². The lowest BCUT2D eigenvalue weighted by atomic mass is 10.1. The molecule has 0 saturated heterocycles. The molecule has 0 unspecified atom stereocenters. The summed E-state index contributed by atoms with van der Waals surface area (Å²) in [6, 6.07) is 5.90. The maximum absolute atomic E-state index is 7.46. The first-order valence-corrected chi connectivity index (χ1v) is 8.17. The number of H-pyrrole nitrogens is 1. The predicted octanol–water partition coefficient (Wildman–Crippen LogP) is 3.16. The van der Waals surface area contributed by atoms with Crippen LogP contribution in [0.2, 0.25) is 0 Å². The molecule has 112 valence electrons. The number of nitrogens with one attached hydrogen (secondary N) is 2. The third-order valence-electron chi connectivity index (χ3n) is 3.78. The van der Waals surface area contributed by atoms with E-state index in [2.05, 4.69) is 9.97 Å². The molecule has 1 heterocycles. The number of hydrogen-bond acceptors (Lipinski definition) is 4. The second kappa shape index (κ2) is 5.60. The highest BCUT2D eigenvalue weighted by Gasteiger charge is 2.43. The molecule has 1 aliphatic carbocycles. The van der Waals surface area contributed by atoms with Crippen LogP contribution in [-0.4, -0.2) is 28.2 Å². The molecular weight excluding hydrogens is 284 g/mol. The fraction of sp³-hybridized carbons (Fsp3) is 0.467. The van der Waals surface area contributed by atoms with Crippen LogP contribution in [0.4, 0.5) is 0 Å². The Morgan fingerprint density at radius 3 is 3.00 bits per heavy atom. The predicted molar refractivity (Wildman–Crippen MR) is 86.2 cm³/mol. The average molecular weight is 304 g/mol. The van der Waals surface area contributed by atoms with Gasteiger partial charge >= 0.3 is 0 Å². The zero-order valence-electron chi connectivity index (χ0n) is 12.1. The molecule has 0 spiro atoms. The number of benzene rings is 1. The number of thioether (sulfide) groups is 1. The van der Waals surface area contributed by atoms with E-state index in [1.54, 1.807) is 11.8 Å². The van der Waals surface area contributed by atoms with E-state index in [0.29, 0.717) is 18.9 Å². The van der Waals surface area contributed by atoms with Gasteiger partial charge in [-0.15, -0.1) is 0 Å². The van der Waals surface area contributed by atoms with Gasteiger partial charge in [-0.1, -0.05) is 11.8 Å². The first kappa shape index (κ1) is 14.3. The van der Waals surface area contributed by atoms with Crippen molar-refractivity contribution < 1.29 is 4.74 Å². The van der Waals surface area contributed by atoms with Crippen molar-refractivity contribution in [3.05, 3.63) is 18.2 Å². The maximum Gasteiger partial charge on any atom is 0.166 e. The summed E-state index contributed by atoms with van der Waals surface area (Å²) in [4.78, 5) is 7.93. The Morgan fingerprint density at radius 2 is 2.33 bits per heavy atom. The number of nitrogens with two attached hydrogens (primary N) is 1. The fourth-order valence-corrected chi connectivity index (χ4v) is 3.64. The number of aromatic amines is 1. The molecule has 1 saturated carbocycles. The van der Waals surface area contributed by atoms with E-state index in [1.807, 2.05) is 25.1 Å². The molecule has 4 N–H and O–H groups in total. The summed E-state index contributed by atoms with van der Waals surface area (Å²) >= 11 is 1.72. The van der Waals surface area contributed by atoms with Crippen molar-refractivity contribution in [3.8, 4) is 5.75 Å². The van der Waals surface area contributed by atoms with Gasteiger partial charge in [0.25, 0.3) is 0 Å². The van der Waals surface area contributed by atoms with Crippen LogP contribution in [0, 0.1) is 10.8 Å². The van der Waals surface area contributed by atoms with E-state index in [1.165, 1.54) is 0 Å². The average Bonchev–Trinajstić information content (AvgIpc) is 3.06. The van der Waals surface area contributed by atoms with E-state index in [4.69, 9.17) is 15.9 Å². The summed E-state index contributed by atoms with van der Waals surface area (Å²) in [5.74, 6) is 2.12. The number of nitrogens with zero attached hydrogens (tertiary/aromatic N) is 1. The van der Waals surface area contributed by atoms with Crippen LogP contribution >= 0.6 is 11.8 Å². The molecule has 6 heteroatoms. The van der Waals surface area contributed by atoms with Crippen molar-refractivity contribution in [2.45, 2.75) is 31.3 Å². The zero-order chi connectivity index (χ0) is 14.9. The third-order valence-corrected chi connectivity index (χ3v) is 5.00. The van der Waals surface area contributed by atoms with Gasteiger partial charge in [-0.25, -0.2) is 4.98 Å². The smallest absolute Gasteiger partial charge is 0.166 e. The van der Waals surface area contributed by atoms with Gasteiger partial charge in [0.05, 0.1) is 23.5 Å². The Hall–Kier alpha value is -1.69. The molecule has 5 nitrogen and oxygen atoms in total. The number of rotatable bonds is 7. The minimum Gasteiger partial charge on any atom is -0.494 e. The van der Waals surface area contributed by atoms with Crippen LogP contribution in [0.3, 0.4) is 0 Å². The monoisotopic (exact) mass is 304 g/mol. The summed E-state index contributed by atoms with van der Waals surface area (Å²) in [6.45, 7) is 2.64. The van der Waals surface area contributed by atoms with E-state index in [9.17, 15) is 0 Å². The largest absolute Gasteiger partial charge is 0.494 e. The lowest BCUT2D eigenvalue weighted by Gasteiger charge is -2.11. The summed E-state index contributed by atoms with van der Waals surface area (Å²) in [5.41, 5.74) is 7.71. The van der Waals surface area contributed by atoms with Crippen molar-refractivity contribution in [2.75, 3.05) is 12.4 Å². The molecule has 0 bridgehead atoms. The molecule has 21 heavy (non-hydrogen) atoms. The number of imidazole rings is 1. The van der Waals surface area contributed by atoms with Crippen LogP contribution < -0.4 is 10.5 Å². The van der Waals surface area contributed by atoms with Gasteiger partial charge in [-0.05, 0) is 37.3 Å². The van der Waals surface area contributed by atoms with Crippen molar-refractivity contribution in [3.63, 3.8) is 0 Å². The van der Waals surface area contributed by atoms with Crippen LogP contribution in [-0.2, 0) is 0 Å². The molecule has 0 amide bonds. The highest BCUT2D eigenvalue weighted by Crippen LogP contribution is 2.51. The summed E-state index contributed by atoms with van der Waals surface area (Å²) in [7, 11) is 0. The molecule has 0 radical (unpaired) electrons. The Morgan fingerprint density at radius 1 is 1.52 bits per heavy atom. The second-order valence-electron chi connectivity index (χ2n) is 5.64. The minimum atomic E-state index is 0.228. The van der Waals surface area contributed by atoms with Gasteiger partial charge in [-0.3, -0.25) is 5.41 Å². The van der Waals surface area contributed by atoms with Gasteiger partial charge in [0.15, 0.2) is 5.16 Å². The number of hydrogen-bond donors (Lipinski definition) is 3. The summed E-state index contributed by atoms with van der Waals surface area (Å²) in [5, 5.41) is 8.38. The number of aromatic nitrogens is 2. The van der Waals surface area contributed by atoms with Gasteiger partial charge in [0, 0.05) is 18.2 Å². The number of amidine groups is 1. The quantitative estimate of drug-likeness (QED) is 0.416. The van der Waals surface area contributed by atoms with Gasteiger partial charge in [0.2, 0.25) is 0 Å². The molecule has 2 aromatic rings. The molecule has 0 atom stereocenters. The summed E-state index contributed by atoms with van der Waals surface area (Å²) < 4.78 is 5.50. The van der Waals surface area contributed by atoms with Gasteiger partial charge in [-0.2, -0.15) is 0 Å². The third kappa shape index (κ3) is 3.32. The normalized spacial score (nSPS) is 16.0. The standard InChI is InChI=1S/C15H20N4OS/c1-2-20-10-3-4-11-12(7-10)19-14(18-11)21-9-15(5-6-15)8-13(16)17/h3-4,7H,2,5-6,8-9H2,1H3,(H3,16,17)(H,18,19). The van der Waals surface area contributed by atoms with E-state index in [-0.39, 0.29) is 5.41 Å². The van der Waals surface area contributed by atoms with Crippen LogP contribution in [0.25, 0.3) is 11.0 Å².